The second kappa shape index (κ2) is 14.8. The summed E-state index contributed by atoms with van der Waals surface area (Å²) < 4.78 is 0. The number of hydrogen-bond acceptors (Lipinski definition) is 3. The van der Waals surface area contributed by atoms with Crippen molar-refractivity contribution in [3.63, 3.8) is 0 Å². The van der Waals surface area contributed by atoms with Gasteiger partial charge in [0.05, 0.1) is 0 Å². The number of aliphatic carboxylic acids is 1. The van der Waals surface area contributed by atoms with E-state index in [2.05, 4.69) is 17.6 Å². The van der Waals surface area contributed by atoms with Crippen molar-refractivity contribution in [2.24, 2.45) is 0 Å². The van der Waals surface area contributed by atoms with Crippen molar-refractivity contribution >= 4 is 12.0 Å². The van der Waals surface area contributed by atoms with Gasteiger partial charge in [0, 0.05) is 25.5 Å². The zero-order valence-electron chi connectivity index (χ0n) is 11.6. The van der Waals surface area contributed by atoms with Gasteiger partial charge >= 0.3 is 35.6 Å². The number of carboxylic acid groups (broad SMARTS) is 1. The molecule has 2 amide bonds. The van der Waals surface area contributed by atoms with Gasteiger partial charge in [-0.2, -0.15) is 0 Å². The number of carbonyl (C=O) groups excluding carboxylic acids is 2. The third-order valence-electron chi connectivity index (χ3n) is 2.43. The molecule has 0 fully saturated rings. The van der Waals surface area contributed by atoms with Gasteiger partial charge in [-0.05, 0) is 6.42 Å². The molecule has 0 aromatic carbocycles. The molecule has 5 nitrogen and oxygen atoms in total. The molecule has 0 aliphatic carbocycles. The van der Waals surface area contributed by atoms with E-state index >= 15 is 0 Å². The van der Waals surface area contributed by atoms with Gasteiger partial charge < -0.3 is 20.5 Å². The average molecular weight is 266 g/mol. The van der Waals surface area contributed by atoms with E-state index in [1.54, 1.807) is 0 Å². The van der Waals surface area contributed by atoms with Crippen LogP contribution in [0.4, 0.5) is 4.79 Å². The summed E-state index contributed by atoms with van der Waals surface area (Å²) in [5.41, 5.74) is 0. The first-order chi connectivity index (χ1) is 8.16. The molecule has 0 unspecified atom stereocenters. The van der Waals surface area contributed by atoms with E-state index in [9.17, 15) is 14.7 Å². The molecule has 0 atom stereocenters. The van der Waals surface area contributed by atoms with Crippen LogP contribution in [0, 0.1) is 0 Å². The summed E-state index contributed by atoms with van der Waals surface area (Å²) in [4.78, 5) is 21.2. The van der Waals surface area contributed by atoms with Crippen molar-refractivity contribution in [1.82, 2.24) is 10.6 Å². The number of rotatable bonds is 10. The zero-order valence-corrected chi connectivity index (χ0v) is 13.6. The third-order valence-corrected chi connectivity index (χ3v) is 2.43. The maximum absolute atomic E-state index is 11.1. The molecule has 0 aromatic heterocycles. The summed E-state index contributed by atoms with van der Waals surface area (Å²) in [5.74, 6) is -1.15. The maximum atomic E-state index is 11.1. The molecule has 0 saturated heterocycles. The molecule has 0 bridgehead atoms. The second-order valence-electron chi connectivity index (χ2n) is 4.07. The Kier molecular flexibility index (Phi) is 16.5. The summed E-state index contributed by atoms with van der Waals surface area (Å²) in [6.45, 7) is 2.94. The number of hydrogen-bond donors (Lipinski definition) is 2. The average Bonchev–Trinajstić information content (AvgIpc) is 2.27. The van der Waals surface area contributed by atoms with Crippen LogP contribution >= 0.6 is 0 Å². The van der Waals surface area contributed by atoms with Crippen LogP contribution in [0.3, 0.4) is 0 Å². The number of nitrogens with one attached hydrogen (secondary N) is 2. The zero-order chi connectivity index (χ0) is 12.9. The Bertz CT molecular complexity index is 225. The van der Waals surface area contributed by atoms with E-state index in [0.717, 1.165) is 12.8 Å². The van der Waals surface area contributed by atoms with Gasteiger partial charge in [0.1, 0.15) is 0 Å². The molecule has 18 heavy (non-hydrogen) atoms. The van der Waals surface area contributed by atoms with Crippen LogP contribution in [-0.4, -0.2) is 25.1 Å². The predicted molar refractivity (Wildman–Crippen MR) is 64.4 cm³/mol. The smallest absolute Gasteiger partial charge is 0.550 e. The molecule has 0 saturated carbocycles. The van der Waals surface area contributed by atoms with Crippen LogP contribution < -0.4 is 45.3 Å². The van der Waals surface area contributed by atoms with Crippen molar-refractivity contribution in [3.8, 4) is 0 Å². The Morgan fingerprint density at radius 1 is 0.944 bits per heavy atom. The van der Waals surface area contributed by atoms with Crippen LogP contribution in [0.15, 0.2) is 0 Å². The molecule has 100 valence electrons. The van der Waals surface area contributed by atoms with Crippen molar-refractivity contribution in [2.45, 2.75) is 51.9 Å². The van der Waals surface area contributed by atoms with Crippen molar-refractivity contribution < 1.29 is 44.3 Å². The fourth-order valence-corrected chi connectivity index (χ4v) is 1.45. The van der Waals surface area contributed by atoms with Crippen molar-refractivity contribution in [3.05, 3.63) is 0 Å². The van der Waals surface area contributed by atoms with Crippen LogP contribution in [0.5, 0.6) is 0 Å². The second-order valence-corrected chi connectivity index (χ2v) is 4.07. The summed E-state index contributed by atoms with van der Waals surface area (Å²) in [7, 11) is 0. The van der Waals surface area contributed by atoms with E-state index in [-0.39, 0.29) is 48.6 Å². The Labute approximate surface area is 131 Å². The van der Waals surface area contributed by atoms with Gasteiger partial charge in [-0.15, -0.1) is 0 Å². The fraction of sp³-hybridized carbons (Fsp3) is 0.833. The SMILES string of the molecule is CCCCCCCCNC(=O)NCCC(=O)[O-].[Na+]. The number of amides is 2. The minimum absolute atomic E-state index is 0. The van der Waals surface area contributed by atoms with Crippen LogP contribution in [0.2, 0.25) is 0 Å². The quantitative estimate of drug-likeness (QED) is 0.347. The van der Waals surface area contributed by atoms with Gasteiger partial charge in [-0.3, -0.25) is 0 Å². The molecular formula is C12H23N2NaO3. The van der Waals surface area contributed by atoms with E-state index in [4.69, 9.17) is 0 Å². The van der Waals surface area contributed by atoms with Gasteiger partial charge in [-0.1, -0.05) is 39.0 Å². The largest absolute Gasteiger partial charge is 1.00 e. The molecule has 0 radical (unpaired) electrons. The van der Waals surface area contributed by atoms with Gasteiger partial charge in [0.15, 0.2) is 0 Å². The molecule has 2 N–H and O–H groups in total. The fourth-order valence-electron chi connectivity index (χ4n) is 1.45. The van der Waals surface area contributed by atoms with Gasteiger partial charge in [0.2, 0.25) is 0 Å². The standard InChI is InChI=1S/C12H24N2O3.Na/c1-2-3-4-5-6-7-9-13-12(17)14-10-8-11(15)16;/h2-10H2,1H3,(H,15,16)(H2,13,14,17);/q;+1/p-1. The molecule has 0 aliphatic rings. The third kappa shape index (κ3) is 15.7. The Morgan fingerprint density at radius 2 is 1.50 bits per heavy atom. The van der Waals surface area contributed by atoms with Gasteiger partial charge in [0.25, 0.3) is 0 Å². The molecular weight excluding hydrogens is 243 g/mol. The summed E-state index contributed by atoms with van der Waals surface area (Å²) in [6.07, 6.45) is 6.92. The Hall–Kier alpha value is -0.260. The molecule has 0 aromatic rings. The topological polar surface area (TPSA) is 81.3 Å². The van der Waals surface area contributed by atoms with E-state index in [1.807, 2.05) is 0 Å². The van der Waals surface area contributed by atoms with Crippen LogP contribution in [0.25, 0.3) is 0 Å². The van der Waals surface area contributed by atoms with Crippen LogP contribution in [-0.2, 0) is 4.79 Å². The normalized spacial score (nSPS) is 9.39. The molecule has 0 spiro atoms. The number of unbranched alkanes of at least 4 members (excludes halogenated alkanes) is 5. The first kappa shape index (κ1) is 20.1. The molecule has 0 aliphatic heterocycles. The molecule has 0 rings (SSSR count). The van der Waals surface area contributed by atoms with E-state index in [0.29, 0.717) is 6.54 Å². The number of urea groups is 1. The first-order valence-corrected chi connectivity index (χ1v) is 6.38. The minimum Gasteiger partial charge on any atom is -0.550 e. The van der Waals surface area contributed by atoms with Crippen LogP contribution in [0.1, 0.15) is 51.9 Å². The van der Waals surface area contributed by atoms with E-state index in [1.165, 1.54) is 25.7 Å². The predicted octanol–water partition coefficient (Wildman–Crippen LogP) is -2.21. The number of carboxylic acids is 1. The maximum Gasteiger partial charge on any atom is 1.00 e. The van der Waals surface area contributed by atoms with E-state index < -0.39 is 5.97 Å². The molecule has 0 heterocycles. The minimum atomic E-state index is -1.15. The van der Waals surface area contributed by atoms with Crippen molar-refractivity contribution in [2.75, 3.05) is 13.1 Å². The van der Waals surface area contributed by atoms with Crippen molar-refractivity contribution in [1.29, 1.82) is 0 Å². The van der Waals surface area contributed by atoms with Gasteiger partial charge in [-0.25, -0.2) is 4.79 Å². The summed E-state index contributed by atoms with van der Waals surface area (Å²) >= 11 is 0. The summed E-state index contributed by atoms with van der Waals surface area (Å²) in [5, 5.41) is 15.2. The Morgan fingerprint density at radius 3 is 2.11 bits per heavy atom. The first-order valence-electron chi connectivity index (χ1n) is 6.38. The number of carbonyl (C=O) groups is 2. The molecule has 6 heteroatoms. The Balaban J connectivity index is 0. The monoisotopic (exact) mass is 266 g/mol. The summed E-state index contributed by atoms with van der Waals surface area (Å²) in [6, 6.07) is -0.306.